The van der Waals surface area contributed by atoms with Gasteiger partial charge in [-0.05, 0) is 49.2 Å². The van der Waals surface area contributed by atoms with Gasteiger partial charge in [-0.25, -0.2) is 0 Å². The predicted octanol–water partition coefficient (Wildman–Crippen LogP) is 6.07. The number of thioether (sulfide) groups is 1. The predicted molar refractivity (Wildman–Crippen MR) is 177 cm³/mol. The lowest BCUT2D eigenvalue weighted by atomic mass is 10.1. The van der Waals surface area contributed by atoms with Crippen molar-refractivity contribution in [3.05, 3.63) is 89.2 Å². The molecule has 13 heteroatoms. The molecule has 1 aliphatic rings. The molecular weight excluding hydrogens is 636 g/mol. The van der Waals surface area contributed by atoms with E-state index in [0.717, 1.165) is 44.3 Å². The largest absolute Gasteiger partial charge is 0.493 e. The molecule has 0 aliphatic carbocycles. The van der Waals surface area contributed by atoms with Gasteiger partial charge in [0.15, 0.2) is 0 Å². The molecule has 1 aliphatic heterocycles. The summed E-state index contributed by atoms with van der Waals surface area (Å²) in [5.74, 6) is 0.423. The number of anilines is 2. The minimum absolute atomic E-state index is 0.0563. The fraction of sp³-hybridized carbons (Fsp3) is 0.281. The summed E-state index contributed by atoms with van der Waals surface area (Å²) >= 11 is 7.91. The van der Waals surface area contributed by atoms with Crippen molar-refractivity contribution in [2.24, 2.45) is 0 Å². The average Bonchev–Trinajstić information content (AvgIpc) is 3.47. The van der Waals surface area contributed by atoms with Crippen LogP contribution in [0.5, 0.6) is 5.75 Å². The Bertz CT molecular complexity index is 1810. The van der Waals surface area contributed by atoms with Gasteiger partial charge in [0.2, 0.25) is 11.8 Å². The molecule has 0 bridgehead atoms. The number of nitrogens with one attached hydrogen (secondary N) is 1. The maximum Gasteiger partial charge on any atom is 0.265 e. The molecular formula is C32H33ClN4O6S2. The SMILES string of the molecule is Cc1c(Cl)cccc1OCCCC(=O)N1CCSc2c(-c3cnn(Cc4cccc(NC(=O)CCS(=O)(=O)O)c4)c3)cccc21. The highest BCUT2D eigenvalue weighted by Gasteiger charge is 2.25. The molecule has 5 rings (SSSR count). The van der Waals surface area contributed by atoms with Crippen LogP contribution in [0.2, 0.25) is 5.02 Å². The number of benzene rings is 3. The average molecular weight is 669 g/mol. The van der Waals surface area contributed by atoms with Gasteiger partial charge in [-0.15, -0.1) is 11.8 Å². The first kappa shape index (κ1) is 32.6. The molecule has 0 radical (unpaired) electrons. The molecule has 0 spiro atoms. The van der Waals surface area contributed by atoms with Gasteiger partial charge in [-0.3, -0.25) is 18.8 Å². The van der Waals surface area contributed by atoms with Crippen molar-refractivity contribution in [1.29, 1.82) is 0 Å². The number of rotatable bonds is 12. The third kappa shape index (κ3) is 8.66. The van der Waals surface area contributed by atoms with Crippen molar-refractivity contribution in [1.82, 2.24) is 9.78 Å². The molecule has 0 fully saturated rings. The van der Waals surface area contributed by atoms with E-state index in [0.29, 0.717) is 43.2 Å². The van der Waals surface area contributed by atoms with Crippen LogP contribution < -0.4 is 15.0 Å². The Labute approximate surface area is 271 Å². The van der Waals surface area contributed by atoms with Crippen LogP contribution in [0.25, 0.3) is 11.1 Å². The highest BCUT2D eigenvalue weighted by atomic mass is 35.5. The van der Waals surface area contributed by atoms with Gasteiger partial charge >= 0.3 is 0 Å². The van der Waals surface area contributed by atoms with Crippen LogP contribution in [0, 0.1) is 6.92 Å². The molecule has 0 saturated heterocycles. The van der Waals surface area contributed by atoms with E-state index in [4.69, 9.17) is 20.9 Å². The summed E-state index contributed by atoms with van der Waals surface area (Å²) in [4.78, 5) is 28.3. The topological polar surface area (TPSA) is 131 Å². The molecule has 4 aromatic rings. The Morgan fingerprint density at radius 1 is 1.11 bits per heavy atom. The highest BCUT2D eigenvalue weighted by Crippen LogP contribution is 2.42. The van der Waals surface area contributed by atoms with Gasteiger partial charge in [0.25, 0.3) is 10.1 Å². The molecule has 2 N–H and O–H groups in total. The molecule has 0 unspecified atom stereocenters. The zero-order chi connectivity index (χ0) is 32.0. The van der Waals surface area contributed by atoms with E-state index in [1.807, 2.05) is 60.5 Å². The lowest BCUT2D eigenvalue weighted by molar-refractivity contribution is -0.119. The fourth-order valence-corrected chi connectivity index (χ4v) is 6.74. The van der Waals surface area contributed by atoms with Gasteiger partial charge < -0.3 is 15.0 Å². The van der Waals surface area contributed by atoms with Crippen LogP contribution in [0.15, 0.2) is 78.0 Å². The summed E-state index contributed by atoms with van der Waals surface area (Å²) in [6.07, 6.45) is 4.36. The third-order valence-corrected chi connectivity index (χ3v) is 9.48. The number of carbonyl (C=O) groups is 2. The molecule has 0 saturated carbocycles. The Morgan fingerprint density at radius 3 is 2.73 bits per heavy atom. The van der Waals surface area contributed by atoms with Gasteiger partial charge in [-0.1, -0.05) is 41.9 Å². The van der Waals surface area contributed by atoms with Crippen LogP contribution in [0.1, 0.15) is 30.4 Å². The van der Waals surface area contributed by atoms with E-state index >= 15 is 0 Å². The summed E-state index contributed by atoms with van der Waals surface area (Å²) in [6, 6.07) is 18.7. The lowest BCUT2D eigenvalue weighted by Crippen LogP contribution is -2.35. The number of aromatic nitrogens is 2. The van der Waals surface area contributed by atoms with Crippen molar-refractivity contribution in [3.63, 3.8) is 0 Å². The second-order valence-corrected chi connectivity index (χ2v) is 13.7. The van der Waals surface area contributed by atoms with Crippen molar-refractivity contribution in [3.8, 4) is 16.9 Å². The number of hydrogen-bond donors (Lipinski definition) is 2. The Kier molecular flexibility index (Phi) is 10.5. The monoisotopic (exact) mass is 668 g/mol. The summed E-state index contributed by atoms with van der Waals surface area (Å²) in [7, 11) is -4.21. The van der Waals surface area contributed by atoms with Crippen molar-refractivity contribution in [2.45, 2.75) is 37.6 Å². The second kappa shape index (κ2) is 14.5. The number of hydrogen-bond acceptors (Lipinski definition) is 7. The number of halogens is 1. The van der Waals surface area contributed by atoms with Gasteiger partial charge in [0.1, 0.15) is 5.75 Å². The zero-order valence-corrected chi connectivity index (χ0v) is 27.0. The zero-order valence-electron chi connectivity index (χ0n) is 24.6. The summed E-state index contributed by atoms with van der Waals surface area (Å²) in [5, 5.41) is 7.86. The first-order valence-corrected chi connectivity index (χ1v) is 17.4. The van der Waals surface area contributed by atoms with Crippen molar-refractivity contribution < 1.29 is 27.3 Å². The third-order valence-electron chi connectivity index (χ3n) is 7.24. The van der Waals surface area contributed by atoms with E-state index in [-0.39, 0.29) is 12.3 Å². The van der Waals surface area contributed by atoms with E-state index in [1.165, 1.54) is 0 Å². The second-order valence-electron chi connectivity index (χ2n) is 10.6. The Hall–Kier alpha value is -3.84. The Morgan fingerprint density at radius 2 is 1.91 bits per heavy atom. The van der Waals surface area contributed by atoms with Crippen molar-refractivity contribution in [2.75, 3.05) is 34.9 Å². The summed E-state index contributed by atoms with van der Waals surface area (Å²) in [5.41, 5.74) is 5.11. The first-order valence-electron chi connectivity index (χ1n) is 14.4. The smallest absolute Gasteiger partial charge is 0.265 e. The van der Waals surface area contributed by atoms with Crippen LogP contribution in [0.4, 0.5) is 11.4 Å². The van der Waals surface area contributed by atoms with Gasteiger partial charge in [0.05, 0.1) is 30.8 Å². The van der Waals surface area contributed by atoms with Crippen LogP contribution in [0.3, 0.4) is 0 Å². The van der Waals surface area contributed by atoms with Gasteiger partial charge in [-0.2, -0.15) is 13.5 Å². The number of amides is 2. The van der Waals surface area contributed by atoms with Crippen molar-refractivity contribution >= 4 is 56.7 Å². The van der Waals surface area contributed by atoms with Crippen LogP contribution in [-0.4, -0.2) is 59.2 Å². The number of carbonyl (C=O) groups excluding carboxylic acids is 2. The highest BCUT2D eigenvalue weighted by molar-refractivity contribution is 7.99. The van der Waals surface area contributed by atoms with E-state index in [1.54, 1.807) is 40.8 Å². The normalized spacial score (nSPS) is 12.9. The fourth-order valence-electron chi connectivity index (χ4n) is 4.99. The molecule has 45 heavy (non-hydrogen) atoms. The number of ether oxygens (including phenoxy) is 1. The van der Waals surface area contributed by atoms with E-state index < -0.39 is 21.8 Å². The molecule has 2 amide bonds. The molecule has 1 aromatic heterocycles. The number of fused-ring (bicyclic) bond motifs is 1. The maximum atomic E-state index is 13.3. The number of nitrogens with zero attached hydrogens (tertiary/aromatic N) is 3. The first-order chi connectivity index (χ1) is 21.6. The minimum Gasteiger partial charge on any atom is -0.493 e. The molecule has 0 atom stereocenters. The molecule has 2 heterocycles. The quantitative estimate of drug-likeness (QED) is 0.137. The Balaban J connectivity index is 1.21. The van der Waals surface area contributed by atoms with Crippen LogP contribution in [-0.2, 0) is 26.3 Å². The molecule has 10 nitrogen and oxygen atoms in total. The summed E-state index contributed by atoms with van der Waals surface area (Å²) in [6.45, 7) is 3.41. The van der Waals surface area contributed by atoms with E-state index in [2.05, 4.69) is 10.4 Å². The lowest BCUT2D eigenvalue weighted by Gasteiger charge is -2.30. The standard InChI is InChI=1S/C32H33ClN4O6S2/c1-22-27(33)9-4-11-29(22)43-15-5-12-31(39)37-14-16-44-32-26(8-3-10-28(32)37)24-19-34-36(21-24)20-23-6-2-7-25(18-23)35-30(38)13-17-45(40,41)42/h2-4,6-11,18-19,21H,5,12-17,20H2,1H3,(H,35,38)(H,40,41,42). The minimum atomic E-state index is -4.21. The van der Waals surface area contributed by atoms with E-state index in [9.17, 15) is 18.0 Å². The van der Waals surface area contributed by atoms with Gasteiger partial charge in [0, 0.05) is 63.6 Å². The molecule has 236 valence electrons. The summed E-state index contributed by atoms with van der Waals surface area (Å²) < 4.78 is 38.4. The molecule has 3 aromatic carbocycles. The maximum absolute atomic E-state index is 13.3. The van der Waals surface area contributed by atoms with Crippen LogP contribution >= 0.6 is 23.4 Å².